The van der Waals surface area contributed by atoms with E-state index in [1.165, 1.54) is 17.5 Å². The summed E-state index contributed by atoms with van der Waals surface area (Å²) in [5, 5.41) is 3.01. The van der Waals surface area contributed by atoms with Crippen molar-refractivity contribution in [1.82, 2.24) is 10.2 Å². The minimum Gasteiger partial charge on any atom is -0.350 e. The fourth-order valence-corrected chi connectivity index (χ4v) is 3.76. The minimum absolute atomic E-state index is 0.00693. The van der Waals surface area contributed by atoms with E-state index in [1.54, 1.807) is 0 Å². The van der Waals surface area contributed by atoms with Gasteiger partial charge in [0, 0.05) is 26.2 Å². The Labute approximate surface area is 139 Å². The number of likely N-dealkylation sites (tertiary alicyclic amines) is 1. The Balaban J connectivity index is 1.62. The molecule has 1 aromatic carbocycles. The lowest BCUT2D eigenvalue weighted by Gasteiger charge is -2.35. The number of piperidine rings is 1. The number of amides is 1. The summed E-state index contributed by atoms with van der Waals surface area (Å²) in [6.45, 7) is 8.55. The first kappa shape index (κ1) is 16.5. The number of nitrogens with two attached hydrogens (primary N) is 1. The Kier molecular flexibility index (Phi) is 4.74. The maximum Gasteiger partial charge on any atom is 0.240 e. The van der Waals surface area contributed by atoms with Gasteiger partial charge in [0.2, 0.25) is 5.91 Å². The van der Waals surface area contributed by atoms with Crippen LogP contribution < -0.4 is 11.1 Å². The molecule has 1 aromatic rings. The fourth-order valence-electron chi connectivity index (χ4n) is 3.76. The average molecular weight is 315 g/mol. The van der Waals surface area contributed by atoms with E-state index in [0.717, 1.165) is 44.3 Å². The lowest BCUT2D eigenvalue weighted by molar-refractivity contribution is -0.123. The number of rotatable bonds is 5. The van der Waals surface area contributed by atoms with Gasteiger partial charge in [0.1, 0.15) is 0 Å². The van der Waals surface area contributed by atoms with Crippen LogP contribution in [0.3, 0.4) is 0 Å². The molecule has 0 radical (unpaired) electrons. The van der Waals surface area contributed by atoms with Crippen molar-refractivity contribution in [2.45, 2.75) is 51.7 Å². The molecule has 0 spiro atoms. The Bertz CT molecular complexity index is 557. The van der Waals surface area contributed by atoms with Crippen molar-refractivity contribution >= 4 is 5.91 Å². The van der Waals surface area contributed by atoms with Crippen LogP contribution in [0, 0.1) is 11.8 Å². The number of hydrogen-bond acceptors (Lipinski definition) is 3. The largest absolute Gasteiger partial charge is 0.350 e. The zero-order chi connectivity index (χ0) is 16.4. The number of nitrogens with one attached hydrogen (secondary N) is 1. The predicted octanol–water partition coefficient (Wildman–Crippen LogP) is 2.27. The molecule has 4 nitrogen and oxygen atoms in total. The van der Waals surface area contributed by atoms with Crippen molar-refractivity contribution in [1.29, 1.82) is 0 Å². The van der Waals surface area contributed by atoms with Crippen LogP contribution in [-0.4, -0.2) is 29.4 Å². The first-order valence-electron chi connectivity index (χ1n) is 8.82. The van der Waals surface area contributed by atoms with Crippen molar-refractivity contribution in [2.24, 2.45) is 17.6 Å². The van der Waals surface area contributed by atoms with Crippen LogP contribution >= 0.6 is 0 Å². The monoisotopic (exact) mass is 315 g/mol. The van der Waals surface area contributed by atoms with Gasteiger partial charge in [-0.2, -0.15) is 0 Å². The van der Waals surface area contributed by atoms with Crippen LogP contribution in [0.4, 0.5) is 0 Å². The predicted molar refractivity (Wildman–Crippen MR) is 92.7 cm³/mol. The molecule has 2 aliphatic rings. The van der Waals surface area contributed by atoms with E-state index in [9.17, 15) is 4.79 Å². The Morgan fingerprint density at radius 1 is 1.22 bits per heavy atom. The molecule has 1 saturated carbocycles. The Morgan fingerprint density at radius 2 is 1.83 bits per heavy atom. The molecule has 1 amide bonds. The van der Waals surface area contributed by atoms with Crippen molar-refractivity contribution in [3.63, 3.8) is 0 Å². The molecule has 2 fully saturated rings. The zero-order valence-corrected chi connectivity index (χ0v) is 14.3. The summed E-state index contributed by atoms with van der Waals surface area (Å²) < 4.78 is 0. The lowest BCUT2D eigenvalue weighted by Crippen LogP contribution is -2.42. The van der Waals surface area contributed by atoms with Crippen LogP contribution in [0.5, 0.6) is 0 Å². The third kappa shape index (κ3) is 4.12. The van der Waals surface area contributed by atoms with Gasteiger partial charge in [-0.05, 0) is 42.2 Å². The third-order valence-electron chi connectivity index (χ3n) is 5.14. The molecule has 1 aliphatic heterocycles. The lowest BCUT2D eigenvalue weighted by atomic mass is 9.91. The molecular weight excluding hydrogens is 286 g/mol. The zero-order valence-electron chi connectivity index (χ0n) is 14.3. The number of nitrogens with zero attached hydrogens (tertiary/aromatic N) is 1. The van der Waals surface area contributed by atoms with Crippen LogP contribution in [0.25, 0.3) is 0 Å². The molecular formula is C19H29N3O. The van der Waals surface area contributed by atoms with Crippen LogP contribution in [0.15, 0.2) is 24.3 Å². The molecule has 3 N–H and O–H groups in total. The maximum atomic E-state index is 12.0. The van der Waals surface area contributed by atoms with Gasteiger partial charge in [-0.1, -0.05) is 38.1 Å². The van der Waals surface area contributed by atoms with E-state index >= 15 is 0 Å². The highest BCUT2D eigenvalue weighted by Gasteiger charge is 2.45. The molecule has 0 aromatic heterocycles. The molecule has 0 bridgehead atoms. The quantitative estimate of drug-likeness (QED) is 0.876. The second-order valence-corrected chi connectivity index (χ2v) is 7.75. The highest BCUT2D eigenvalue weighted by Crippen LogP contribution is 2.32. The Morgan fingerprint density at radius 3 is 2.43 bits per heavy atom. The molecule has 126 valence electrons. The second kappa shape index (κ2) is 6.62. The third-order valence-corrected chi connectivity index (χ3v) is 5.14. The summed E-state index contributed by atoms with van der Waals surface area (Å²) in [5.41, 5.74) is 7.88. The molecule has 23 heavy (non-hydrogen) atoms. The van der Waals surface area contributed by atoms with Crippen LogP contribution in [0.2, 0.25) is 0 Å². The van der Waals surface area contributed by atoms with Gasteiger partial charge in [-0.15, -0.1) is 0 Å². The average Bonchev–Trinajstić information content (AvgIpc) is 3.24. The topological polar surface area (TPSA) is 58.4 Å². The van der Waals surface area contributed by atoms with E-state index in [2.05, 4.69) is 42.3 Å². The normalized spacial score (nSPS) is 26.7. The van der Waals surface area contributed by atoms with Gasteiger partial charge in [0.25, 0.3) is 0 Å². The highest BCUT2D eigenvalue weighted by atomic mass is 16.2. The fraction of sp³-hybridized carbons (Fsp3) is 0.632. The van der Waals surface area contributed by atoms with E-state index in [-0.39, 0.29) is 5.91 Å². The van der Waals surface area contributed by atoms with Crippen molar-refractivity contribution in [2.75, 3.05) is 13.1 Å². The molecule has 1 saturated heterocycles. The van der Waals surface area contributed by atoms with E-state index in [0.29, 0.717) is 6.54 Å². The van der Waals surface area contributed by atoms with E-state index < -0.39 is 5.54 Å². The smallest absolute Gasteiger partial charge is 0.240 e. The maximum absolute atomic E-state index is 12.0. The molecule has 2 atom stereocenters. The molecule has 3 rings (SSSR count). The SMILES string of the molecule is CC1CC(C)CN(Cc2ccccc2CNC(=O)C2(N)CC2)C1. The van der Waals surface area contributed by atoms with Crippen molar-refractivity contribution in [3.05, 3.63) is 35.4 Å². The minimum atomic E-state index is -0.591. The van der Waals surface area contributed by atoms with Crippen LogP contribution in [0.1, 0.15) is 44.2 Å². The molecule has 2 unspecified atom stereocenters. The van der Waals surface area contributed by atoms with Crippen LogP contribution in [-0.2, 0) is 17.9 Å². The van der Waals surface area contributed by atoms with Gasteiger partial charge in [0.15, 0.2) is 0 Å². The molecule has 1 heterocycles. The summed E-state index contributed by atoms with van der Waals surface area (Å²) in [5.74, 6) is 1.52. The summed E-state index contributed by atoms with van der Waals surface area (Å²) >= 11 is 0. The van der Waals surface area contributed by atoms with Gasteiger partial charge in [0.05, 0.1) is 5.54 Å². The van der Waals surface area contributed by atoms with E-state index in [4.69, 9.17) is 5.73 Å². The van der Waals surface area contributed by atoms with Gasteiger partial charge in [-0.25, -0.2) is 0 Å². The highest BCUT2D eigenvalue weighted by molar-refractivity contribution is 5.88. The summed E-state index contributed by atoms with van der Waals surface area (Å²) in [7, 11) is 0. The van der Waals surface area contributed by atoms with Crippen molar-refractivity contribution < 1.29 is 4.79 Å². The first-order chi connectivity index (χ1) is 11.0. The number of carbonyl (C=O) groups is 1. The molecule has 1 aliphatic carbocycles. The van der Waals surface area contributed by atoms with Crippen molar-refractivity contribution in [3.8, 4) is 0 Å². The second-order valence-electron chi connectivity index (χ2n) is 7.75. The number of carbonyl (C=O) groups excluding carboxylic acids is 1. The number of benzene rings is 1. The summed E-state index contributed by atoms with van der Waals surface area (Å²) in [4.78, 5) is 14.6. The van der Waals surface area contributed by atoms with Gasteiger partial charge >= 0.3 is 0 Å². The summed E-state index contributed by atoms with van der Waals surface area (Å²) in [6, 6.07) is 8.42. The first-order valence-corrected chi connectivity index (χ1v) is 8.82. The van der Waals surface area contributed by atoms with Gasteiger partial charge < -0.3 is 11.1 Å². The number of hydrogen-bond donors (Lipinski definition) is 2. The standard InChI is InChI=1S/C19H29N3O/c1-14-9-15(2)12-22(11-14)13-17-6-4-3-5-16(17)10-21-18(23)19(20)7-8-19/h3-6,14-15H,7-13,20H2,1-2H3,(H,21,23). The van der Waals surface area contributed by atoms with E-state index in [1.807, 2.05) is 6.07 Å². The summed E-state index contributed by atoms with van der Waals surface area (Å²) in [6.07, 6.45) is 2.95. The Hall–Kier alpha value is -1.39. The molecule has 4 heteroatoms. The van der Waals surface area contributed by atoms with Gasteiger partial charge in [-0.3, -0.25) is 9.69 Å².